The molecule has 0 fully saturated rings. The van der Waals surface area contributed by atoms with Crippen molar-refractivity contribution in [3.63, 3.8) is 0 Å². The molecule has 0 aliphatic carbocycles. The lowest BCUT2D eigenvalue weighted by Gasteiger charge is -2.21. The minimum Gasteiger partial charge on any atom is -0.489 e. The summed E-state index contributed by atoms with van der Waals surface area (Å²) in [6, 6.07) is 18.2. The molecule has 6 nitrogen and oxygen atoms in total. The first kappa shape index (κ1) is 22.7. The van der Waals surface area contributed by atoms with Crippen LogP contribution in [-0.4, -0.2) is 22.3 Å². The normalized spacial score (nSPS) is 11.2. The van der Waals surface area contributed by atoms with Gasteiger partial charge in [-0.05, 0) is 62.7 Å². The van der Waals surface area contributed by atoms with Gasteiger partial charge in [-0.3, -0.25) is 14.6 Å². The molecule has 0 saturated heterocycles. The summed E-state index contributed by atoms with van der Waals surface area (Å²) in [5.74, 6) is 0.173. The maximum absolute atomic E-state index is 12.5. The minimum absolute atomic E-state index is 0.237. The lowest BCUT2D eigenvalue weighted by Crippen LogP contribution is -2.40. The Kier molecular flexibility index (Phi) is 7.39. The van der Waals surface area contributed by atoms with Crippen molar-refractivity contribution >= 4 is 23.6 Å². The Morgan fingerprint density at radius 2 is 1.75 bits per heavy atom. The van der Waals surface area contributed by atoms with Crippen molar-refractivity contribution in [2.45, 2.75) is 32.9 Å². The van der Waals surface area contributed by atoms with Gasteiger partial charge in [-0.2, -0.15) is 0 Å². The number of aromatic nitrogens is 1. The molecule has 0 radical (unpaired) electrons. The van der Waals surface area contributed by atoms with E-state index >= 15 is 0 Å². The summed E-state index contributed by atoms with van der Waals surface area (Å²) < 4.78 is 5.74. The number of rotatable bonds is 7. The lowest BCUT2D eigenvalue weighted by atomic mass is 10.1. The van der Waals surface area contributed by atoms with Gasteiger partial charge in [-0.15, -0.1) is 0 Å². The van der Waals surface area contributed by atoms with Crippen molar-refractivity contribution in [3.05, 3.63) is 95.8 Å². The third-order valence-corrected chi connectivity index (χ3v) is 4.35. The van der Waals surface area contributed by atoms with E-state index in [-0.39, 0.29) is 17.4 Å². The van der Waals surface area contributed by atoms with Crippen molar-refractivity contribution in [2.24, 2.45) is 0 Å². The fourth-order valence-corrected chi connectivity index (χ4v) is 2.87. The van der Waals surface area contributed by atoms with E-state index in [1.807, 2.05) is 57.2 Å². The molecule has 0 spiro atoms. The van der Waals surface area contributed by atoms with Gasteiger partial charge in [-0.1, -0.05) is 30.3 Å². The van der Waals surface area contributed by atoms with Gasteiger partial charge in [0.05, 0.1) is 11.3 Å². The zero-order chi connectivity index (χ0) is 23.0. The molecule has 32 heavy (non-hydrogen) atoms. The molecule has 2 amide bonds. The second-order valence-electron chi connectivity index (χ2n) is 8.29. The van der Waals surface area contributed by atoms with E-state index in [1.54, 1.807) is 42.7 Å². The number of nitrogens with zero attached hydrogens (tertiary/aromatic N) is 1. The Morgan fingerprint density at radius 1 is 1.00 bits per heavy atom. The number of para-hydroxylation sites is 1. The zero-order valence-electron chi connectivity index (χ0n) is 18.5. The largest absolute Gasteiger partial charge is 0.489 e. The van der Waals surface area contributed by atoms with Crippen LogP contribution >= 0.6 is 0 Å². The molecule has 0 aliphatic heterocycles. The second kappa shape index (κ2) is 10.4. The third-order valence-electron chi connectivity index (χ3n) is 4.35. The number of ether oxygens (including phenoxy) is 1. The third kappa shape index (κ3) is 7.09. The number of anilines is 1. The highest BCUT2D eigenvalue weighted by atomic mass is 16.5. The van der Waals surface area contributed by atoms with Crippen LogP contribution in [0.25, 0.3) is 6.08 Å². The Bertz CT molecular complexity index is 1090. The molecular weight excluding hydrogens is 402 g/mol. The highest BCUT2D eigenvalue weighted by molar-refractivity contribution is 6.07. The van der Waals surface area contributed by atoms with E-state index in [4.69, 9.17) is 4.74 Å². The number of carbonyl (C=O) groups is 2. The van der Waals surface area contributed by atoms with Crippen LogP contribution in [0.3, 0.4) is 0 Å². The average Bonchev–Trinajstić information content (AvgIpc) is 2.77. The van der Waals surface area contributed by atoms with Crippen molar-refractivity contribution in [3.8, 4) is 5.75 Å². The van der Waals surface area contributed by atoms with Crippen molar-refractivity contribution in [1.29, 1.82) is 0 Å². The van der Waals surface area contributed by atoms with E-state index in [9.17, 15) is 9.59 Å². The molecule has 3 aromatic rings. The first-order chi connectivity index (χ1) is 15.3. The van der Waals surface area contributed by atoms with Gasteiger partial charge in [-0.25, -0.2) is 0 Å². The van der Waals surface area contributed by atoms with Gasteiger partial charge in [0.2, 0.25) is 5.91 Å². The van der Waals surface area contributed by atoms with Crippen LogP contribution in [0.2, 0.25) is 0 Å². The first-order valence-corrected chi connectivity index (χ1v) is 10.3. The standard InChI is InChI=1S/C26H27N3O3/c1-26(2,3)29-25(31)22-8-4-5-9-23(22)28-24(30)15-12-19-10-13-21(14-11-19)32-18-20-7-6-16-27-17-20/h4-17H,18H2,1-3H3,(H,28,30)(H,29,31)/b15-12+. The second-order valence-corrected chi connectivity index (χ2v) is 8.29. The van der Waals surface area contributed by atoms with Crippen LogP contribution < -0.4 is 15.4 Å². The van der Waals surface area contributed by atoms with E-state index in [0.29, 0.717) is 17.9 Å². The molecule has 0 unspecified atom stereocenters. The highest BCUT2D eigenvalue weighted by Gasteiger charge is 2.18. The molecular formula is C26H27N3O3. The van der Waals surface area contributed by atoms with Crippen LogP contribution in [0.1, 0.15) is 42.3 Å². The van der Waals surface area contributed by atoms with Gasteiger partial charge in [0.1, 0.15) is 12.4 Å². The Balaban J connectivity index is 1.58. The minimum atomic E-state index is -0.373. The maximum Gasteiger partial charge on any atom is 0.253 e. The summed E-state index contributed by atoms with van der Waals surface area (Å²) in [7, 11) is 0. The summed E-state index contributed by atoms with van der Waals surface area (Å²) in [5.41, 5.74) is 2.35. The van der Waals surface area contributed by atoms with E-state index in [2.05, 4.69) is 15.6 Å². The van der Waals surface area contributed by atoms with Crippen LogP contribution in [-0.2, 0) is 11.4 Å². The summed E-state index contributed by atoms with van der Waals surface area (Å²) in [6.45, 7) is 6.16. The predicted octanol–water partition coefficient (Wildman–Crippen LogP) is 4.84. The molecule has 1 aromatic heterocycles. The molecule has 164 valence electrons. The fourth-order valence-electron chi connectivity index (χ4n) is 2.87. The lowest BCUT2D eigenvalue weighted by molar-refractivity contribution is -0.111. The molecule has 1 heterocycles. The van der Waals surface area contributed by atoms with E-state index in [0.717, 1.165) is 16.9 Å². The average molecular weight is 430 g/mol. The van der Waals surface area contributed by atoms with Gasteiger partial charge in [0.15, 0.2) is 0 Å². The topological polar surface area (TPSA) is 80.3 Å². The molecule has 2 N–H and O–H groups in total. The first-order valence-electron chi connectivity index (χ1n) is 10.3. The molecule has 6 heteroatoms. The number of amides is 2. The fraction of sp³-hybridized carbons (Fsp3) is 0.192. The van der Waals surface area contributed by atoms with Gasteiger partial charge >= 0.3 is 0 Å². The maximum atomic E-state index is 12.5. The van der Waals surface area contributed by atoms with Crippen LogP contribution in [0.5, 0.6) is 5.75 Å². The Hall–Kier alpha value is -3.93. The quantitative estimate of drug-likeness (QED) is 0.527. The number of nitrogens with one attached hydrogen (secondary N) is 2. The summed E-state index contributed by atoms with van der Waals surface area (Å²) in [6.07, 6.45) is 6.63. The molecule has 0 saturated carbocycles. The number of pyridine rings is 1. The highest BCUT2D eigenvalue weighted by Crippen LogP contribution is 2.17. The number of hydrogen-bond acceptors (Lipinski definition) is 4. The van der Waals surface area contributed by atoms with Crippen molar-refractivity contribution in [1.82, 2.24) is 10.3 Å². The molecule has 0 aliphatic rings. The number of hydrogen-bond donors (Lipinski definition) is 2. The molecule has 0 bridgehead atoms. The van der Waals surface area contributed by atoms with E-state index in [1.165, 1.54) is 6.08 Å². The van der Waals surface area contributed by atoms with Crippen LogP contribution in [0.15, 0.2) is 79.1 Å². The molecule has 3 rings (SSSR count). The Morgan fingerprint density at radius 3 is 2.44 bits per heavy atom. The number of carbonyl (C=O) groups excluding carboxylic acids is 2. The SMILES string of the molecule is CC(C)(C)NC(=O)c1ccccc1NC(=O)/C=C/c1ccc(OCc2cccnc2)cc1. The molecule has 2 aromatic carbocycles. The molecule has 0 atom stereocenters. The summed E-state index contributed by atoms with van der Waals surface area (Å²) >= 11 is 0. The summed E-state index contributed by atoms with van der Waals surface area (Å²) in [5, 5.41) is 5.69. The number of benzene rings is 2. The van der Waals surface area contributed by atoms with E-state index < -0.39 is 0 Å². The monoisotopic (exact) mass is 429 g/mol. The predicted molar refractivity (Wildman–Crippen MR) is 126 cm³/mol. The zero-order valence-corrected chi connectivity index (χ0v) is 18.5. The Labute approximate surface area is 188 Å². The van der Waals surface area contributed by atoms with Gasteiger partial charge in [0, 0.05) is 29.6 Å². The smallest absolute Gasteiger partial charge is 0.253 e. The summed E-state index contributed by atoms with van der Waals surface area (Å²) in [4.78, 5) is 29.0. The van der Waals surface area contributed by atoms with Crippen LogP contribution in [0.4, 0.5) is 5.69 Å². The van der Waals surface area contributed by atoms with Crippen molar-refractivity contribution in [2.75, 3.05) is 5.32 Å². The van der Waals surface area contributed by atoms with Crippen molar-refractivity contribution < 1.29 is 14.3 Å². The van der Waals surface area contributed by atoms with Gasteiger partial charge in [0.25, 0.3) is 5.91 Å². The van der Waals surface area contributed by atoms with Gasteiger partial charge < -0.3 is 15.4 Å². The van der Waals surface area contributed by atoms with Crippen LogP contribution in [0, 0.1) is 0 Å².